The van der Waals surface area contributed by atoms with Crippen LogP contribution in [0.5, 0.6) is 0 Å². The summed E-state index contributed by atoms with van der Waals surface area (Å²) in [6.07, 6.45) is 1.13. The minimum atomic E-state index is 0.570. The van der Waals surface area contributed by atoms with Gasteiger partial charge in [0.2, 0.25) is 0 Å². The number of nitrogens with one attached hydrogen (secondary N) is 1. The Morgan fingerprint density at radius 3 is 2.65 bits per heavy atom. The van der Waals surface area contributed by atoms with Gasteiger partial charge in [0, 0.05) is 34.2 Å². The zero-order chi connectivity index (χ0) is 14.4. The van der Waals surface area contributed by atoms with Gasteiger partial charge in [0.15, 0.2) is 0 Å². The molecule has 4 heteroatoms. The molecule has 1 heterocycles. The number of halogens is 1. The molecule has 1 unspecified atom stereocenters. The van der Waals surface area contributed by atoms with Crippen molar-refractivity contribution in [1.82, 2.24) is 4.90 Å². The second-order valence-corrected chi connectivity index (χ2v) is 6.99. The molecule has 2 nitrogen and oxygen atoms in total. The van der Waals surface area contributed by atoms with Crippen molar-refractivity contribution in [2.75, 3.05) is 25.5 Å². The van der Waals surface area contributed by atoms with Crippen molar-refractivity contribution in [3.63, 3.8) is 0 Å². The van der Waals surface area contributed by atoms with E-state index in [0.29, 0.717) is 6.04 Å². The normalized spacial score (nSPS) is 12.6. The first-order chi connectivity index (χ1) is 9.65. The average molecular weight is 353 g/mol. The van der Waals surface area contributed by atoms with Crippen LogP contribution in [0.25, 0.3) is 0 Å². The highest BCUT2D eigenvalue weighted by Crippen LogP contribution is 2.15. The predicted octanol–water partition coefficient (Wildman–Crippen LogP) is 4.49. The van der Waals surface area contributed by atoms with Gasteiger partial charge in [-0.1, -0.05) is 22.0 Å². The lowest BCUT2D eigenvalue weighted by Gasteiger charge is -2.24. The number of likely N-dealkylation sites (N-methyl/N-ethyl adjacent to an activating group) is 1. The van der Waals surface area contributed by atoms with Crippen LogP contribution in [-0.2, 0) is 6.42 Å². The third kappa shape index (κ3) is 4.93. The van der Waals surface area contributed by atoms with Crippen molar-refractivity contribution in [3.8, 4) is 0 Å². The highest BCUT2D eigenvalue weighted by atomic mass is 79.9. The first-order valence-electron chi connectivity index (χ1n) is 6.87. The molecule has 20 heavy (non-hydrogen) atoms. The van der Waals surface area contributed by atoms with E-state index in [4.69, 9.17) is 0 Å². The Morgan fingerprint density at radius 2 is 2.00 bits per heavy atom. The van der Waals surface area contributed by atoms with Gasteiger partial charge in [0.25, 0.3) is 0 Å². The zero-order valence-electron chi connectivity index (χ0n) is 12.0. The number of nitrogens with zero attached hydrogens (tertiary/aromatic N) is 1. The smallest absolute Gasteiger partial charge is 0.0341 e. The van der Waals surface area contributed by atoms with Gasteiger partial charge in [0.1, 0.15) is 0 Å². The molecule has 0 spiro atoms. The molecule has 0 radical (unpaired) electrons. The van der Waals surface area contributed by atoms with E-state index in [2.05, 4.69) is 81.9 Å². The molecule has 0 aliphatic rings. The van der Waals surface area contributed by atoms with E-state index in [-0.39, 0.29) is 0 Å². The minimum absolute atomic E-state index is 0.570. The molecule has 108 valence electrons. The number of hydrogen-bond acceptors (Lipinski definition) is 3. The van der Waals surface area contributed by atoms with E-state index in [0.717, 1.165) is 24.0 Å². The van der Waals surface area contributed by atoms with E-state index in [1.807, 2.05) is 11.3 Å². The minimum Gasteiger partial charge on any atom is -0.384 e. The average Bonchev–Trinajstić information content (AvgIpc) is 2.93. The molecule has 1 N–H and O–H groups in total. The third-order valence-corrected chi connectivity index (χ3v) is 4.89. The van der Waals surface area contributed by atoms with Crippen LogP contribution in [0.3, 0.4) is 0 Å². The van der Waals surface area contributed by atoms with Crippen LogP contribution in [0.1, 0.15) is 11.8 Å². The lowest BCUT2D eigenvalue weighted by molar-refractivity contribution is 0.267. The number of hydrogen-bond donors (Lipinski definition) is 1. The predicted molar refractivity (Wildman–Crippen MR) is 92.7 cm³/mol. The first-order valence-corrected chi connectivity index (χ1v) is 8.54. The fourth-order valence-corrected chi connectivity index (χ4v) is 3.13. The van der Waals surface area contributed by atoms with Crippen LogP contribution in [0.2, 0.25) is 0 Å². The van der Waals surface area contributed by atoms with Gasteiger partial charge < -0.3 is 10.2 Å². The standard InChI is InChI=1S/C16H21BrN2S/c1-13(12-16-4-3-11-20-16)19(2)10-9-18-15-7-5-14(17)6-8-15/h3-8,11,13,18H,9-10,12H2,1-2H3. The van der Waals surface area contributed by atoms with Gasteiger partial charge in [-0.25, -0.2) is 0 Å². The Bertz CT molecular complexity index is 496. The van der Waals surface area contributed by atoms with E-state index in [9.17, 15) is 0 Å². The molecule has 0 bridgehead atoms. The van der Waals surface area contributed by atoms with Gasteiger partial charge in [-0.05, 0) is 56.1 Å². The van der Waals surface area contributed by atoms with Crippen LogP contribution in [0.15, 0.2) is 46.3 Å². The van der Waals surface area contributed by atoms with Crippen molar-refractivity contribution in [1.29, 1.82) is 0 Å². The van der Waals surface area contributed by atoms with Crippen LogP contribution >= 0.6 is 27.3 Å². The summed E-state index contributed by atoms with van der Waals surface area (Å²) < 4.78 is 1.12. The van der Waals surface area contributed by atoms with E-state index in [1.165, 1.54) is 10.6 Å². The Labute approximate surface area is 133 Å². The van der Waals surface area contributed by atoms with Crippen molar-refractivity contribution in [3.05, 3.63) is 51.1 Å². The fourth-order valence-electron chi connectivity index (χ4n) is 2.04. The van der Waals surface area contributed by atoms with Crippen LogP contribution in [-0.4, -0.2) is 31.1 Å². The van der Waals surface area contributed by atoms with Crippen LogP contribution in [0, 0.1) is 0 Å². The molecule has 0 aliphatic heterocycles. The fraction of sp³-hybridized carbons (Fsp3) is 0.375. The van der Waals surface area contributed by atoms with Gasteiger partial charge >= 0.3 is 0 Å². The molecule has 2 aromatic rings. The molecular formula is C16H21BrN2S. The molecule has 0 fully saturated rings. The lowest BCUT2D eigenvalue weighted by atomic mass is 10.2. The monoisotopic (exact) mass is 352 g/mol. The SMILES string of the molecule is CC(Cc1cccs1)N(C)CCNc1ccc(Br)cc1. The third-order valence-electron chi connectivity index (χ3n) is 3.47. The van der Waals surface area contributed by atoms with E-state index < -0.39 is 0 Å². The summed E-state index contributed by atoms with van der Waals surface area (Å²) in [7, 11) is 2.20. The summed E-state index contributed by atoms with van der Waals surface area (Å²) in [5, 5.41) is 5.61. The zero-order valence-corrected chi connectivity index (χ0v) is 14.4. The Morgan fingerprint density at radius 1 is 1.25 bits per heavy atom. The topological polar surface area (TPSA) is 15.3 Å². The Kier molecular flexibility index (Phi) is 6.07. The van der Waals surface area contributed by atoms with Crippen LogP contribution < -0.4 is 5.32 Å². The summed E-state index contributed by atoms with van der Waals surface area (Å²) in [6.45, 7) is 4.30. The molecule has 0 saturated carbocycles. The largest absolute Gasteiger partial charge is 0.384 e. The van der Waals surface area contributed by atoms with Crippen molar-refractivity contribution < 1.29 is 0 Å². The summed E-state index contributed by atoms with van der Waals surface area (Å²) in [5.74, 6) is 0. The van der Waals surface area contributed by atoms with Gasteiger partial charge in [-0.3, -0.25) is 0 Å². The van der Waals surface area contributed by atoms with E-state index >= 15 is 0 Å². The number of thiophene rings is 1. The summed E-state index contributed by atoms with van der Waals surface area (Å²) in [6, 6.07) is 13.2. The maximum absolute atomic E-state index is 3.46. The lowest BCUT2D eigenvalue weighted by Crippen LogP contribution is -2.34. The van der Waals surface area contributed by atoms with Crippen LogP contribution in [0.4, 0.5) is 5.69 Å². The van der Waals surface area contributed by atoms with Crippen molar-refractivity contribution >= 4 is 33.0 Å². The number of anilines is 1. The second-order valence-electron chi connectivity index (χ2n) is 5.05. The maximum Gasteiger partial charge on any atom is 0.0341 e. The van der Waals surface area contributed by atoms with Gasteiger partial charge in [0.05, 0.1) is 0 Å². The highest BCUT2D eigenvalue weighted by molar-refractivity contribution is 9.10. The Hall–Kier alpha value is -0.840. The second kappa shape index (κ2) is 7.81. The molecule has 1 atom stereocenters. The Balaban J connectivity index is 1.71. The summed E-state index contributed by atoms with van der Waals surface area (Å²) in [5.41, 5.74) is 1.17. The van der Waals surface area contributed by atoms with Gasteiger partial charge in [-0.2, -0.15) is 0 Å². The number of benzene rings is 1. The molecule has 1 aromatic heterocycles. The molecule has 0 amide bonds. The van der Waals surface area contributed by atoms with Gasteiger partial charge in [-0.15, -0.1) is 11.3 Å². The molecule has 0 saturated heterocycles. The van der Waals surface area contributed by atoms with Crippen molar-refractivity contribution in [2.45, 2.75) is 19.4 Å². The number of rotatable bonds is 7. The van der Waals surface area contributed by atoms with Crippen molar-refractivity contribution in [2.24, 2.45) is 0 Å². The van der Waals surface area contributed by atoms with E-state index in [1.54, 1.807) is 0 Å². The molecule has 1 aromatic carbocycles. The molecule has 2 rings (SSSR count). The quantitative estimate of drug-likeness (QED) is 0.789. The summed E-state index contributed by atoms with van der Waals surface area (Å²) >= 11 is 5.29. The molecular weight excluding hydrogens is 332 g/mol. The highest BCUT2D eigenvalue weighted by Gasteiger charge is 2.10. The first kappa shape index (κ1) is 15.5. The molecule has 0 aliphatic carbocycles. The summed E-state index contributed by atoms with van der Waals surface area (Å²) in [4.78, 5) is 3.87. The maximum atomic E-state index is 3.46.